The van der Waals surface area contributed by atoms with Gasteiger partial charge in [0.15, 0.2) is 11.0 Å². The van der Waals surface area contributed by atoms with Gasteiger partial charge in [-0.3, -0.25) is 4.57 Å². The number of anilines is 1. The van der Waals surface area contributed by atoms with Crippen LogP contribution in [0.1, 0.15) is 47.7 Å². The van der Waals surface area contributed by atoms with E-state index in [1.54, 1.807) is 13.8 Å². The highest BCUT2D eigenvalue weighted by Crippen LogP contribution is 2.42. The van der Waals surface area contributed by atoms with E-state index in [-0.39, 0.29) is 23.7 Å². The van der Waals surface area contributed by atoms with E-state index < -0.39 is 5.97 Å². The van der Waals surface area contributed by atoms with Crippen molar-refractivity contribution in [3.8, 4) is 11.4 Å². The van der Waals surface area contributed by atoms with Gasteiger partial charge in [-0.1, -0.05) is 30.0 Å². The molecule has 1 saturated carbocycles. The first-order chi connectivity index (χ1) is 17.0. The van der Waals surface area contributed by atoms with Crippen molar-refractivity contribution in [3.05, 3.63) is 47.6 Å². The fraction of sp³-hybridized carbons (Fsp3) is 0.292. The van der Waals surface area contributed by atoms with Crippen molar-refractivity contribution < 1.29 is 13.9 Å². The first-order valence-electron chi connectivity index (χ1n) is 11.4. The lowest BCUT2D eigenvalue weighted by atomic mass is 10.1. The number of H-pyrrole nitrogens is 1. The van der Waals surface area contributed by atoms with Gasteiger partial charge in [-0.25, -0.2) is 9.78 Å². The lowest BCUT2D eigenvalue weighted by Gasteiger charge is -2.08. The van der Waals surface area contributed by atoms with Crippen molar-refractivity contribution in [2.24, 2.45) is 0 Å². The zero-order valence-corrected chi connectivity index (χ0v) is 20.1. The van der Waals surface area contributed by atoms with Crippen molar-refractivity contribution in [1.29, 1.82) is 0 Å². The Labute approximate surface area is 204 Å². The van der Waals surface area contributed by atoms with Crippen molar-refractivity contribution in [2.45, 2.75) is 43.6 Å². The molecule has 3 N–H and O–H groups in total. The van der Waals surface area contributed by atoms with E-state index in [4.69, 9.17) is 14.9 Å². The number of furan rings is 1. The number of aromatic amines is 1. The highest BCUT2D eigenvalue weighted by atomic mass is 32.2. The van der Waals surface area contributed by atoms with Gasteiger partial charge < -0.3 is 19.9 Å². The molecule has 178 valence electrons. The third-order valence-corrected chi connectivity index (χ3v) is 6.96. The number of nitrogens with zero attached hydrogens (tertiary/aromatic N) is 5. The third-order valence-electron chi connectivity index (χ3n) is 6.02. The number of nitrogen functional groups attached to an aromatic ring is 1. The lowest BCUT2D eigenvalue weighted by molar-refractivity contribution is 0.0526. The van der Waals surface area contributed by atoms with Gasteiger partial charge in [0.1, 0.15) is 23.0 Å². The van der Waals surface area contributed by atoms with E-state index in [9.17, 15) is 4.79 Å². The zero-order valence-electron chi connectivity index (χ0n) is 19.2. The van der Waals surface area contributed by atoms with E-state index in [2.05, 4.69) is 35.8 Å². The number of para-hydroxylation sites is 1. The number of hydrogen-bond donors (Lipinski definition) is 2. The second-order valence-electron chi connectivity index (χ2n) is 8.40. The Bertz CT molecular complexity index is 1580. The van der Waals surface area contributed by atoms with Crippen LogP contribution in [0.3, 0.4) is 0 Å². The first kappa shape index (κ1) is 21.7. The molecule has 0 unspecified atom stereocenters. The van der Waals surface area contributed by atoms with Crippen LogP contribution >= 0.6 is 11.8 Å². The quantitative estimate of drug-likeness (QED) is 0.247. The predicted octanol–water partition coefficient (Wildman–Crippen LogP) is 4.66. The van der Waals surface area contributed by atoms with Gasteiger partial charge in [0.2, 0.25) is 5.71 Å². The highest BCUT2D eigenvalue weighted by Gasteiger charge is 2.31. The molecule has 0 atom stereocenters. The monoisotopic (exact) mass is 489 g/mol. The van der Waals surface area contributed by atoms with Crippen molar-refractivity contribution in [1.82, 2.24) is 29.7 Å². The number of aromatic nitrogens is 6. The van der Waals surface area contributed by atoms with Crippen LogP contribution in [0.4, 0.5) is 5.82 Å². The number of thioether (sulfide) groups is 1. The molecule has 1 fully saturated rings. The minimum absolute atomic E-state index is 0.189. The fourth-order valence-corrected chi connectivity index (χ4v) is 5.16. The van der Waals surface area contributed by atoms with Gasteiger partial charge in [-0.05, 0) is 32.8 Å². The summed E-state index contributed by atoms with van der Waals surface area (Å²) in [4.78, 5) is 24.6. The number of aryl methyl sites for hydroxylation is 1. The summed E-state index contributed by atoms with van der Waals surface area (Å²) in [5, 5.41) is 11.3. The molecule has 0 amide bonds. The minimum atomic E-state index is -0.497. The van der Waals surface area contributed by atoms with Gasteiger partial charge in [0, 0.05) is 28.7 Å². The number of nitrogens with two attached hydrogens (primary N) is 1. The zero-order chi connectivity index (χ0) is 24.1. The van der Waals surface area contributed by atoms with Crippen molar-refractivity contribution in [2.75, 3.05) is 12.3 Å². The molecule has 11 heteroatoms. The van der Waals surface area contributed by atoms with Crippen LogP contribution in [0.2, 0.25) is 0 Å². The molecule has 0 spiro atoms. The highest BCUT2D eigenvalue weighted by molar-refractivity contribution is 7.98. The van der Waals surface area contributed by atoms with E-state index >= 15 is 0 Å². The normalized spacial score (nSPS) is 13.7. The number of fused-ring (bicyclic) bond motifs is 2. The van der Waals surface area contributed by atoms with Crippen LogP contribution < -0.4 is 5.73 Å². The molecule has 10 nitrogen and oxygen atoms in total. The van der Waals surface area contributed by atoms with Crippen molar-refractivity contribution >= 4 is 45.6 Å². The Morgan fingerprint density at radius 2 is 2.11 bits per heavy atom. The number of esters is 1. The molecule has 0 bridgehead atoms. The standard InChI is InChI=1S/C24H23N7O3S/c1-3-33-23(32)18-12(2)34-22-19(18)20(25)27-17(28-22)11-35-24-30-29-21(31(24)13-8-9-13)15-10-26-16-7-5-4-6-14(15)16/h4-7,10,13,26H,3,8-9,11H2,1-2H3,(H2,25,27,28). The summed E-state index contributed by atoms with van der Waals surface area (Å²) in [5.41, 5.74) is 8.87. The largest absolute Gasteiger partial charge is 0.462 e. The number of benzene rings is 1. The molecule has 1 aromatic carbocycles. The van der Waals surface area contributed by atoms with Gasteiger partial charge in [0.25, 0.3) is 0 Å². The molecular formula is C24H23N7O3S. The molecule has 35 heavy (non-hydrogen) atoms. The molecule has 6 rings (SSSR count). The van der Waals surface area contributed by atoms with Crippen LogP contribution in [0, 0.1) is 6.92 Å². The summed E-state index contributed by atoms with van der Waals surface area (Å²) in [6.45, 7) is 3.68. The molecule has 1 aliphatic carbocycles. The number of carbonyl (C=O) groups is 1. The van der Waals surface area contributed by atoms with E-state index in [0.29, 0.717) is 28.8 Å². The van der Waals surface area contributed by atoms with Gasteiger partial charge >= 0.3 is 5.97 Å². The summed E-state index contributed by atoms with van der Waals surface area (Å²) in [5.74, 6) is 1.86. The van der Waals surface area contributed by atoms with Crippen LogP contribution in [0.5, 0.6) is 0 Å². The molecule has 0 aliphatic heterocycles. The van der Waals surface area contributed by atoms with Crippen LogP contribution in [0.15, 0.2) is 40.0 Å². The summed E-state index contributed by atoms with van der Waals surface area (Å²) in [7, 11) is 0. The van der Waals surface area contributed by atoms with Gasteiger partial charge in [-0.15, -0.1) is 10.2 Å². The Kier molecular flexibility index (Phi) is 5.21. The van der Waals surface area contributed by atoms with Gasteiger partial charge in [0.05, 0.1) is 17.7 Å². The SMILES string of the molecule is CCOC(=O)c1c(C)oc2nc(CSc3nnc(-c4c[nH]c5ccccc45)n3C3CC3)nc(N)c12. The van der Waals surface area contributed by atoms with E-state index in [0.717, 1.165) is 40.3 Å². The second kappa shape index (κ2) is 8.42. The number of ether oxygens (including phenoxy) is 1. The molecular weight excluding hydrogens is 466 g/mol. The molecule has 0 saturated heterocycles. The Balaban J connectivity index is 1.31. The number of rotatable bonds is 7. The summed E-state index contributed by atoms with van der Waals surface area (Å²) < 4.78 is 13.1. The molecule has 4 heterocycles. The number of carbonyl (C=O) groups excluding carboxylic acids is 1. The minimum Gasteiger partial charge on any atom is -0.462 e. The Morgan fingerprint density at radius 3 is 2.91 bits per heavy atom. The molecule has 1 aliphatic rings. The fourth-order valence-electron chi connectivity index (χ4n) is 4.30. The van der Waals surface area contributed by atoms with Crippen LogP contribution in [0.25, 0.3) is 33.4 Å². The smallest absolute Gasteiger partial charge is 0.342 e. The molecule has 4 aromatic heterocycles. The first-order valence-corrected chi connectivity index (χ1v) is 12.4. The summed E-state index contributed by atoms with van der Waals surface area (Å²) in [6, 6.07) is 8.54. The summed E-state index contributed by atoms with van der Waals surface area (Å²) >= 11 is 1.50. The maximum absolute atomic E-state index is 12.4. The number of hydrogen-bond acceptors (Lipinski definition) is 9. The lowest BCUT2D eigenvalue weighted by Crippen LogP contribution is -2.07. The van der Waals surface area contributed by atoms with Crippen LogP contribution in [-0.4, -0.2) is 42.3 Å². The average Bonchev–Trinajstić information content (AvgIpc) is 3.30. The second-order valence-corrected chi connectivity index (χ2v) is 9.35. The predicted molar refractivity (Wildman–Crippen MR) is 132 cm³/mol. The Morgan fingerprint density at radius 1 is 1.29 bits per heavy atom. The van der Waals surface area contributed by atoms with E-state index in [1.165, 1.54) is 11.8 Å². The summed E-state index contributed by atoms with van der Waals surface area (Å²) in [6.07, 6.45) is 4.18. The van der Waals surface area contributed by atoms with Crippen molar-refractivity contribution in [3.63, 3.8) is 0 Å². The van der Waals surface area contributed by atoms with E-state index in [1.807, 2.05) is 24.4 Å². The topological polar surface area (TPSA) is 138 Å². The third kappa shape index (κ3) is 3.72. The maximum atomic E-state index is 12.4. The molecule has 0 radical (unpaired) electrons. The average molecular weight is 490 g/mol. The van der Waals surface area contributed by atoms with Gasteiger partial charge in [-0.2, -0.15) is 4.98 Å². The maximum Gasteiger partial charge on any atom is 0.342 e. The Hall–Kier alpha value is -3.86. The number of nitrogens with one attached hydrogen (secondary N) is 1. The molecule has 5 aromatic rings. The van der Waals surface area contributed by atoms with Crippen LogP contribution in [-0.2, 0) is 10.5 Å².